The van der Waals surface area contributed by atoms with Crippen molar-refractivity contribution in [2.24, 2.45) is 0 Å². The number of rotatable bonds is 4. The highest BCUT2D eigenvalue weighted by Gasteiger charge is 2.20. The van der Waals surface area contributed by atoms with Crippen LogP contribution in [-0.2, 0) is 0 Å². The maximum Gasteiger partial charge on any atom is 0.136 e. The molecule has 1 heteroatoms. The Bertz CT molecular complexity index is 3760. The van der Waals surface area contributed by atoms with Crippen molar-refractivity contribution in [1.82, 2.24) is 0 Å². The van der Waals surface area contributed by atoms with Crippen molar-refractivity contribution < 1.29 is 27.7 Å². The lowest BCUT2D eigenvalue weighted by Crippen LogP contribution is -1.92. The van der Waals surface area contributed by atoms with Crippen molar-refractivity contribution in [3.05, 3.63) is 182 Å². The van der Waals surface area contributed by atoms with E-state index in [1.807, 2.05) is 66.7 Å². The van der Waals surface area contributed by atoms with Crippen molar-refractivity contribution in [2.75, 3.05) is 0 Å². The second-order valence-electron chi connectivity index (χ2n) is 11.5. The number of fused-ring (bicyclic) bond motifs is 6. The quantitative estimate of drug-likeness (QED) is 0.175. The molecule has 0 N–H and O–H groups in total. The third kappa shape index (κ3) is 4.33. The van der Waals surface area contributed by atoms with E-state index in [1.54, 1.807) is 12.1 Å². The molecule has 1 nitrogen and oxygen atoms in total. The molecular formula is C48H30O. The summed E-state index contributed by atoms with van der Waals surface area (Å²) >= 11 is 0. The molecule has 1 aromatic heterocycles. The first-order chi connectivity index (χ1) is 31.4. The van der Waals surface area contributed by atoms with E-state index in [-0.39, 0.29) is 27.1 Å². The summed E-state index contributed by atoms with van der Waals surface area (Å²) in [6.45, 7) is 0. The molecule has 0 unspecified atom stereocenters. The summed E-state index contributed by atoms with van der Waals surface area (Å²) in [6, 6.07) is 12.5. The van der Waals surface area contributed by atoms with Gasteiger partial charge in [-0.15, -0.1) is 0 Å². The second kappa shape index (κ2) is 11.1. The molecule has 0 bridgehead atoms. The van der Waals surface area contributed by atoms with Crippen molar-refractivity contribution in [2.45, 2.75) is 0 Å². The van der Waals surface area contributed by atoms with Gasteiger partial charge in [0.2, 0.25) is 0 Å². The summed E-state index contributed by atoms with van der Waals surface area (Å²) in [4.78, 5) is 0. The predicted octanol–water partition coefficient (Wildman–Crippen LogP) is 13.7. The Hall–Kier alpha value is -6.44. The Morgan fingerprint density at radius 3 is 1.67 bits per heavy atom. The van der Waals surface area contributed by atoms with E-state index in [2.05, 4.69) is 0 Å². The molecule has 1 heterocycles. The fourth-order valence-electron chi connectivity index (χ4n) is 6.77. The van der Waals surface area contributed by atoms with Gasteiger partial charge in [-0.2, -0.15) is 0 Å². The molecule has 0 atom stereocenters. The largest absolute Gasteiger partial charge is 0.456 e. The first kappa shape index (κ1) is 15.6. The monoisotopic (exact) mass is 639 g/mol. The van der Waals surface area contributed by atoms with Gasteiger partial charge in [0.25, 0.3) is 0 Å². The molecule has 228 valence electrons. The van der Waals surface area contributed by atoms with Crippen LogP contribution in [0.3, 0.4) is 0 Å². The van der Waals surface area contributed by atoms with Gasteiger partial charge in [-0.3, -0.25) is 0 Å². The maximum atomic E-state index is 9.93. The van der Waals surface area contributed by atoms with Gasteiger partial charge >= 0.3 is 0 Å². The molecule has 0 aliphatic heterocycles. The lowest BCUT2D eigenvalue weighted by molar-refractivity contribution is 0.669. The van der Waals surface area contributed by atoms with E-state index >= 15 is 0 Å². The Morgan fingerprint density at radius 1 is 0.347 bits per heavy atom. The van der Waals surface area contributed by atoms with Gasteiger partial charge in [-0.05, 0) is 95.0 Å². The van der Waals surface area contributed by atoms with Crippen LogP contribution in [0.4, 0.5) is 0 Å². The third-order valence-electron chi connectivity index (χ3n) is 8.82. The number of benzene rings is 9. The molecular weight excluding hydrogens is 593 g/mol. The third-order valence-corrected chi connectivity index (χ3v) is 8.82. The first-order valence-electron chi connectivity index (χ1n) is 24.0. The molecule has 10 rings (SSSR count). The molecule has 49 heavy (non-hydrogen) atoms. The minimum Gasteiger partial charge on any atom is -0.456 e. The molecule has 10 aromatic rings. The fourth-order valence-corrected chi connectivity index (χ4v) is 6.77. The van der Waals surface area contributed by atoms with E-state index in [0.29, 0.717) is 16.3 Å². The van der Waals surface area contributed by atoms with Gasteiger partial charge < -0.3 is 4.42 Å². The van der Waals surface area contributed by atoms with Gasteiger partial charge in [0, 0.05) is 10.8 Å². The minimum absolute atomic E-state index is 0.0160. The van der Waals surface area contributed by atoms with Gasteiger partial charge in [0.1, 0.15) is 11.2 Å². The fraction of sp³-hybridized carbons (Fsp3) is 0. The Morgan fingerprint density at radius 2 is 0.959 bits per heavy atom. The highest BCUT2D eigenvalue weighted by molar-refractivity contribution is 6.25. The predicted molar refractivity (Wildman–Crippen MR) is 208 cm³/mol. The van der Waals surface area contributed by atoms with Crippen LogP contribution in [0.5, 0.6) is 0 Å². The van der Waals surface area contributed by atoms with E-state index < -0.39 is 136 Å². The zero-order valence-corrected chi connectivity index (χ0v) is 25.4. The topological polar surface area (TPSA) is 13.1 Å². The Labute approximate surface area is 308 Å². The van der Waals surface area contributed by atoms with Crippen LogP contribution in [-0.4, -0.2) is 0 Å². The van der Waals surface area contributed by atoms with Crippen LogP contribution in [0.25, 0.3) is 98.8 Å². The number of furan rings is 1. The Balaban J connectivity index is 1.43. The van der Waals surface area contributed by atoms with E-state index in [4.69, 9.17) is 19.5 Å². The standard InChI is InChI=1S/C48H30O/c1-3-14-31(15-4-1)33-26-29-44-43(30-33)48-37(24-13-25-45(48)49-44)36-27-28-42(35-19-8-7-18-34(35)36)47-40-22-11-9-20-38(40)46(32-16-5-2-6-17-32)39-21-10-12-23-41(39)47/h1-30H/i1D,3D,4D,7D,8D,13D,14D,15D,18D,19D,24D,25D,26D,27D,28D,29D,30D. The molecule has 0 fully saturated rings. The highest BCUT2D eigenvalue weighted by atomic mass is 16.3. The molecule has 0 saturated carbocycles. The zero-order valence-electron chi connectivity index (χ0n) is 42.4. The van der Waals surface area contributed by atoms with Crippen LogP contribution in [0.15, 0.2) is 186 Å². The Kier molecular flexibility index (Phi) is 3.54. The van der Waals surface area contributed by atoms with E-state index in [1.165, 1.54) is 0 Å². The molecule has 9 aromatic carbocycles. The molecule has 0 aliphatic rings. The first-order valence-corrected chi connectivity index (χ1v) is 15.5. The average Bonchev–Trinajstić information content (AvgIpc) is 3.73. The smallest absolute Gasteiger partial charge is 0.136 e. The lowest BCUT2D eigenvalue weighted by Gasteiger charge is -2.19. The molecule has 0 amide bonds. The minimum atomic E-state index is -0.771. The van der Waals surface area contributed by atoms with Crippen LogP contribution in [0.2, 0.25) is 0 Å². The van der Waals surface area contributed by atoms with Crippen molar-refractivity contribution in [3.8, 4) is 44.5 Å². The van der Waals surface area contributed by atoms with Crippen molar-refractivity contribution in [1.29, 1.82) is 0 Å². The summed E-state index contributed by atoms with van der Waals surface area (Å²) in [5, 5.41) is 1.47. The van der Waals surface area contributed by atoms with Crippen LogP contribution < -0.4 is 0 Å². The summed E-state index contributed by atoms with van der Waals surface area (Å²) in [7, 11) is 0. The second-order valence-corrected chi connectivity index (χ2v) is 11.5. The summed E-state index contributed by atoms with van der Waals surface area (Å²) in [6.07, 6.45) is 0. The summed E-state index contributed by atoms with van der Waals surface area (Å²) < 4.78 is 160. The summed E-state index contributed by atoms with van der Waals surface area (Å²) in [5.74, 6) is 0. The van der Waals surface area contributed by atoms with Gasteiger partial charge in [0.15, 0.2) is 0 Å². The van der Waals surface area contributed by atoms with Crippen LogP contribution in [0.1, 0.15) is 23.3 Å². The SMILES string of the molecule is [2H]c1c([2H])c([2H])c(-c2c([2H])c([2H])c3oc4c([2H])c([2H])c([2H])c(-c5c([2H])c([2H])c(-c6c7ccccc7c(-c7ccccc7)c7ccccc67)c6c([2H])c([2H])c([2H])c([2H])c56)c4c3c2[2H])c([2H])c1[2H]. The maximum absolute atomic E-state index is 9.93. The highest BCUT2D eigenvalue weighted by Crippen LogP contribution is 2.47. The van der Waals surface area contributed by atoms with Gasteiger partial charge in [-0.25, -0.2) is 0 Å². The van der Waals surface area contributed by atoms with E-state index in [0.717, 1.165) is 21.9 Å². The lowest BCUT2D eigenvalue weighted by atomic mass is 9.83. The van der Waals surface area contributed by atoms with Gasteiger partial charge in [-0.1, -0.05) is 163 Å². The molecule has 0 radical (unpaired) electrons. The zero-order chi connectivity index (χ0) is 47.1. The van der Waals surface area contributed by atoms with E-state index in [9.17, 15) is 8.22 Å². The average molecular weight is 640 g/mol. The number of hydrogen-bond acceptors (Lipinski definition) is 1. The van der Waals surface area contributed by atoms with Gasteiger partial charge in [0.05, 0.1) is 23.3 Å². The van der Waals surface area contributed by atoms with Crippen LogP contribution >= 0.6 is 0 Å². The normalized spacial score (nSPS) is 16.5. The van der Waals surface area contributed by atoms with Crippen molar-refractivity contribution >= 4 is 54.3 Å². The van der Waals surface area contributed by atoms with Crippen molar-refractivity contribution in [3.63, 3.8) is 0 Å². The molecule has 0 spiro atoms. The van der Waals surface area contributed by atoms with Crippen LogP contribution in [0, 0.1) is 0 Å². The number of hydrogen-bond donors (Lipinski definition) is 0. The summed E-state index contributed by atoms with van der Waals surface area (Å²) in [5.41, 5.74) is -0.863. The molecule has 0 aliphatic carbocycles. The molecule has 0 saturated heterocycles.